The number of nitrogens with zero attached hydrogens (tertiary/aromatic N) is 1. The summed E-state index contributed by atoms with van der Waals surface area (Å²) in [5, 5.41) is 0. The molecular weight excluding hydrogens is 204 g/mol. The average molecular weight is 216 g/mol. The molecule has 0 amide bonds. The summed E-state index contributed by atoms with van der Waals surface area (Å²) in [7, 11) is 0. The molecule has 0 aliphatic rings. The Morgan fingerprint density at radius 1 is 1.25 bits per heavy atom. The summed E-state index contributed by atoms with van der Waals surface area (Å²) >= 11 is 0. The molecule has 2 aromatic rings. The highest BCUT2D eigenvalue weighted by Gasteiger charge is 2.03. The van der Waals surface area contributed by atoms with Gasteiger partial charge in [-0.3, -0.25) is 4.79 Å². The quantitative estimate of drug-likeness (QED) is 0.617. The second-order valence-electron chi connectivity index (χ2n) is 3.59. The second kappa shape index (κ2) is 3.69. The van der Waals surface area contributed by atoms with Gasteiger partial charge in [-0.1, -0.05) is 12.1 Å². The van der Waals surface area contributed by atoms with Crippen molar-refractivity contribution in [3.63, 3.8) is 0 Å². The predicted molar refractivity (Wildman–Crippen MR) is 63.9 cm³/mol. The van der Waals surface area contributed by atoms with Crippen LogP contribution in [0.25, 0.3) is 11.4 Å². The Balaban J connectivity index is 2.58. The van der Waals surface area contributed by atoms with E-state index in [9.17, 15) is 4.79 Å². The standard InChI is InChI=1S/C11H12N4O/c1-6-2-3-7(4-8(6)12)11-14-9(13)5-10(16)15-11/h2-5H,12H2,1H3,(H3,13,14,15,16). The first-order chi connectivity index (χ1) is 7.56. The number of aryl methyl sites for hydroxylation is 1. The van der Waals surface area contributed by atoms with Crippen molar-refractivity contribution < 1.29 is 0 Å². The maximum absolute atomic E-state index is 11.2. The highest BCUT2D eigenvalue weighted by atomic mass is 16.1. The lowest BCUT2D eigenvalue weighted by Gasteiger charge is -2.04. The molecule has 1 aromatic heterocycles. The van der Waals surface area contributed by atoms with Crippen molar-refractivity contribution >= 4 is 11.5 Å². The Bertz CT molecular complexity index is 589. The molecule has 0 spiro atoms. The molecule has 82 valence electrons. The Hall–Kier alpha value is -2.30. The molecule has 0 aliphatic heterocycles. The molecule has 0 saturated heterocycles. The van der Waals surface area contributed by atoms with Gasteiger partial charge in [0, 0.05) is 17.3 Å². The molecule has 0 aliphatic carbocycles. The van der Waals surface area contributed by atoms with Gasteiger partial charge < -0.3 is 16.5 Å². The maximum Gasteiger partial charge on any atom is 0.253 e. The normalized spacial score (nSPS) is 10.3. The van der Waals surface area contributed by atoms with E-state index in [-0.39, 0.29) is 11.4 Å². The smallest absolute Gasteiger partial charge is 0.253 e. The van der Waals surface area contributed by atoms with Gasteiger partial charge in [0.2, 0.25) is 0 Å². The van der Waals surface area contributed by atoms with Crippen LogP contribution in [0.2, 0.25) is 0 Å². The fraction of sp³-hybridized carbons (Fsp3) is 0.0909. The van der Waals surface area contributed by atoms with E-state index in [1.54, 1.807) is 6.07 Å². The number of benzene rings is 1. The molecule has 2 rings (SSSR count). The van der Waals surface area contributed by atoms with E-state index < -0.39 is 0 Å². The van der Waals surface area contributed by atoms with Crippen LogP contribution < -0.4 is 17.0 Å². The van der Waals surface area contributed by atoms with E-state index in [4.69, 9.17) is 11.5 Å². The van der Waals surface area contributed by atoms with E-state index in [2.05, 4.69) is 9.97 Å². The third kappa shape index (κ3) is 1.88. The highest BCUT2D eigenvalue weighted by Crippen LogP contribution is 2.20. The number of H-pyrrole nitrogens is 1. The summed E-state index contributed by atoms with van der Waals surface area (Å²) in [5.74, 6) is 0.620. The van der Waals surface area contributed by atoms with Crippen LogP contribution in [-0.4, -0.2) is 9.97 Å². The second-order valence-corrected chi connectivity index (χ2v) is 3.59. The molecule has 1 aromatic carbocycles. The van der Waals surface area contributed by atoms with Crippen LogP contribution in [0.5, 0.6) is 0 Å². The SMILES string of the molecule is Cc1ccc(-c2nc(N)cc(=O)[nH]2)cc1N. The molecule has 5 nitrogen and oxygen atoms in total. The van der Waals surface area contributed by atoms with Gasteiger partial charge in [-0.25, -0.2) is 4.98 Å². The summed E-state index contributed by atoms with van der Waals surface area (Å²) in [5.41, 5.74) is 13.4. The Morgan fingerprint density at radius 3 is 2.62 bits per heavy atom. The summed E-state index contributed by atoms with van der Waals surface area (Å²) < 4.78 is 0. The van der Waals surface area contributed by atoms with Gasteiger partial charge in [-0.2, -0.15) is 0 Å². The monoisotopic (exact) mass is 216 g/mol. The molecule has 0 fully saturated rings. The molecule has 0 unspecified atom stereocenters. The molecule has 1 heterocycles. The summed E-state index contributed by atoms with van der Waals surface area (Å²) in [6.45, 7) is 1.91. The van der Waals surface area contributed by atoms with Crippen LogP contribution >= 0.6 is 0 Å². The van der Waals surface area contributed by atoms with Crippen molar-refractivity contribution in [1.29, 1.82) is 0 Å². The van der Waals surface area contributed by atoms with Crippen molar-refractivity contribution in [2.24, 2.45) is 0 Å². The van der Waals surface area contributed by atoms with Gasteiger partial charge in [0.1, 0.15) is 11.6 Å². The first-order valence-electron chi connectivity index (χ1n) is 4.79. The van der Waals surface area contributed by atoms with E-state index in [0.29, 0.717) is 11.5 Å². The van der Waals surface area contributed by atoms with Crippen LogP contribution in [0.3, 0.4) is 0 Å². The van der Waals surface area contributed by atoms with E-state index in [1.165, 1.54) is 6.07 Å². The topological polar surface area (TPSA) is 97.8 Å². The van der Waals surface area contributed by atoms with Gasteiger partial charge in [0.05, 0.1) is 0 Å². The van der Waals surface area contributed by atoms with Gasteiger partial charge >= 0.3 is 0 Å². The van der Waals surface area contributed by atoms with Gasteiger partial charge in [-0.15, -0.1) is 0 Å². The molecule has 16 heavy (non-hydrogen) atoms. The number of nitrogens with two attached hydrogens (primary N) is 2. The van der Waals surface area contributed by atoms with Crippen LogP contribution in [-0.2, 0) is 0 Å². The predicted octanol–water partition coefficient (Wildman–Crippen LogP) is 0.910. The largest absolute Gasteiger partial charge is 0.398 e. The van der Waals surface area contributed by atoms with E-state index in [1.807, 2.05) is 19.1 Å². The van der Waals surface area contributed by atoms with E-state index in [0.717, 1.165) is 11.1 Å². The lowest BCUT2D eigenvalue weighted by Crippen LogP contribution is -2.09. The number of hydrogen-bond acceptors (Lipinski definition) is 4. The number of nitrogen functional groups attached to an aromatic ring is 2. The molecule has 0 saturated carbocycles. The number of anilines is 2. The minimum absolute atomic E-state index is 0.192. The van der Waals surface area contributed by atoms with Gasteiger partial charge in [0.15, 0.2) is 0 Å². The number of hydrogen-bond donors (Lipinski definition) is 3. The van der Waals surface area contributed by atoms with Crippen molar-refractivity contribution in [3.8, 4) is 11.4 Å². The van der Waals surface area contributed by atoms with Crippen LogP contribution in [0.1, 0.15) is 5.56 Å². The third-order valence-corrected chi connectivity index (χ3v) is 2.31. The lowest BCUT2D eigenvalue weighted by molar-refractivity contribution is 1.14. The molecule has 0 bridgehead atoms. The third-order valence-electron chi connectivity index (χ3n) is 2.31. The van der Waals surface area contributed by atoms with Crippen LogP contribution in [0.15, 0.2) is 29.1 Å². The average Bonchev–Trinajstić information content (AvgIpc) is 2.20. The molecule has 0 atom stereocenters. The minimum Gasteiger partial charge on any atom is -0.398 e. The number of rotatable bonds is 1. The fourth-order valence-electron chi connectivity index (χ4n) is 1.40. The van der Waals surface area contributed by atoms with E-state index >= 15 is 0 Å². The maximum atomic E-state index is 11.2. The summed E-state index contributed by atoms with van der Waals surface area (Å²) in [6, 6.07) is 6.70. The molecular formula is C11H12N4O. The first kappa shape index (κ1) is 10.2. The zero-order chi connectivity index (χ0) is 11.7. The number of aromatic nitrogens is 2. The minimum atomic E-state index is -0.276. The summed E-state index contributed by atoms with van der Waals surface area (Å²) in [4.78, 5) is 17.9. The van der Waals surface area contributed by atoms with Crippen molar-refractivity contribution in [1.82, 2.24) is 9.97 Å². The van der Waals surface area contributed by atoms with Crippen LogP contribution in [0, 0.1) is 6.92 Å². The Labute approximate surface area is 92.1 Å². The fourth-order valence-corrected chi connectivity index (χ4v) is 1.40. The molecule has 5 N–H and O–H groups in total. The lowest BCUT2D eigenvalue weighted by atomic mass is 10.1. The molecule has 5 heteroatoms. The first-order valence-corrected chi connectivity index (χ1v) is 4.79. The van der Waals surface area contributed by atoms with Crippen LogP contribution in [0.4, 0.5) is 11.5 Å². The van der Waals surface area contributed by atoms with Gasteiger partial charge in [-0.05, 0) is 18.6 Å². The van der Waals surface area contributed by atoms with Crippen molar-refractivity contribution in [3.05, 3.63) is 40.2 Å². The zero-order valence-electron chi connectivity index (χ0n) is 8.82. The Kier molecular flexibility index (Phi) is 2.36. The van der Waals surface area contributed by atoms with Gasteiger partial charge in [0.25, 0.3) is 5.56 Å². The summed E-state index contributed by atoms with van der Waals surface area (Å²) in [6.07, 6.45) is 0. The highest BCUT2D eigenvalue weighted by molar-refractivity contribution is 5.64. The number of nitrogens with one attached hydrogen (secondary N) is 1. The Morgan fingerprint density at radius 2 is 2.00 bits per heavy atom. The van der Waals surface area contributed by atoms with Crippen molar-refractivity contribution in [2.75, 3.05) is 11.5 Å². The number of aromatic amines is 1. The molecule has 0 radical (unpaired) electrons. The zero-order valence-corrected chi connectivity index (χ0v) is 8.82. The van der Waals surface area contributed by atoms with Crippen molar-refractivity contribution in [2.45, 2.75) is 6.92 Å².